The van der Waals surface area contributed by atoms with E-state index in [-0.39, 0.29) is 41.6 Å². The SMILES string of the molecule is CC1(C)CCOc2c(C(=O)NC3CN4C(N)=N[C@@H](CNC(=O)c5cccc(F)c5)C5N=C(N)N[C@@]54C3(O)O)cccc21. The van der Waals surface area contributed by atoms with E-state index in [2.05, 4.69) is 39.8 Å². The van der Waals surface area contributed by atoms with E-state index in [1.54, 1.807) is 12.1 Å². The fraction of sp³-hybridized carbons (Fsp3) is 0.429. The molecule has 4 aliphatic rings. The van der Waals surface area contributed by atoms with E-state index in [1.165, 1.54) is 23.1 Å². The number of carbonyl (C=O) groups excluding carboxylic acids is 2. The minimum Gasteiger partial charge on any atom is -0.492 e. The lowest BCUT2D eigenvalue weighted by atomic mass is 9.79. The zero-order chi connectivity index (χ0) is 30.0. The molecule has 42 heavy (non-hydrogen) atoms. The molecule has 9 N–H and O–H groups in total. The number of rotatable bonds is 5. The number of amides is 2. The highest BCUT2D eigenvalue weighted by atomic mass is 19.1. The minimum atomic E-state index is -2.65. The first-order valence-electron chi connectivity index (χ1n) is 13.6. The van der Waals surface area contributed by atoms with Crippen LogP contribution in [0.2, 0.25) is 0 Å². The maximum Gasteiger partial charge on any atom is 0.255 e. The Bertz CT molecular complexity index is 1530. The molecule has 1 saturated heterocycles. The van der Waals surface area contributed by atoms with Gasteiger partial charge in [-0.2, -0.15) is 0 Å². The Morgan fingerprint density at radius 2 is 1.93 bits per heavy atom. The summed E-state index contributed by atoms with van der Waals surface area (Å²) < 4.78 is 19.5. The topological polar surface area (TPSA) is 200 Å². The van der Waals surface area contributed by atoms with Crippen LogP contribution in [0.4, 0.5) is 4.39 Å². The molecule has 2 unspecified atom stereocenters. The van der Waals surface area contributed by atoms with Gasteiger partial charge in [-0.25, -0.2) is 14.4 Å². The van der Waals surface area contributed by atoms with Crippen molar-refractivity contribution in [3.8, 4) is 5.75 Å². The molecule has 6 rings (SSSR count). The molecule has 2 aromatic carbocycles. The summed E-state index contributed by atoms with van der Waals surface area (Å²) in [5, 5.41) is 31.7. The van der Waals surface area contributed by atoms with Gasteiger partial charge in [0.15, 0.2) is 17.6 Å². The summed E-state index contributed by atoms with van der Waals surface area (Å²) in [6.45, 7) is 4.34. The molecule has 0 radical (unpaired) electrons. The molecule has 13 nitrogen and oxygen atoms in total. The lowest BCUT2D eigenvalue weighted by Gasteiger charge is -2.49. The smallest absolute Gasteiger partial charge is 0.255 e. The van der Waals surface area contributed by atoms with Crippen LogP contribution in [-0.2, 0) is 5.41 Å². The molecule has 222 valence electrons. The normalized spacial score (nSPS) is 28.2. The number of aliphatic hydroxyl groups is 2. The summed E-state index contributed by atoms with van der Waals surface area (Å²) >= 11 is 0. The number of ether oxygens (including phenoxy) is 1. The van der Waals surface area contributed by atoms with Crippen LogP contribution in [0.15, 0.2) is 52.4 Å². The summed E-state index contributed by atoms with van der Waals surface area (Å²) in [6, 6.07) is 7.33. The van der Waals surface area contributed by atoms with Crippen molar-refractivity contribution in [3.05, 3.63) is 65.0 Å². The number of hydrogen-bond acceptors (Lipinski definition) is 11. The standard InChI is InChI=1S/C28H33FN8O5/c1-26(2)9-10-42-20-16(7-4-8-17(20)26)23(39)34-19-13-37-25(31)33-18(12-32-22(38)14-5-3-6-15(29)11-14)21-27(37,28(19,40)41)36-24(30)35-21/h3-8,11,18-19,21,40-41H,9-10,12-13H2,1-2H3,(H2,31,33)(H,32,38)(H,34,39)(H3,30,35,36)/t18-,19?,21?,27-/m0/s1. The average molecular weight is 581 g/mol. The summed E-state index contributed by atoms with van der Waals surface area (Å²) in [7, 11) is 0. The van der Waals surface area contributed by atoms with Gasteiger partial charge >= 0.3 is 0 Å². The van der Waals surface area contributed by atoms with E-state index in [0.717, 1.165) is 18.1 Å². The molecule has 4 atom stereocenters. The summed E-state index contributed by atoms with van der Waals surface area (Å²) in [4.78, 5) is 36.5. The van der Waals surface area contributed by atoms with Crippen molar-refractivity contribution in [2.24, 2.45) is 21.5 Å². The van der Waals surface area contributed by atoms with Crippen molar-refractivity contribution in [1.82, 2.24) is 20.9 Å². The number of hydrogen-bond donors (Lipinski definition) is 7. The van der Waals surface area contributed by atoms with Crippen molar-refractivity contribution >= 4 is 23.7 Å². The fourth-order valence-electron chi connectivity index (χ4n) is 6.36. The predicted molar refractivity (Wildman–Crippen MR) is 150 cm³/mol. The molecule has 4 aliphatic heterocycles. The van der Waals surface area contributed by atoms with Crippen molar-refractivity contribution in [2.45, 2.75) is 55.3 Å². The van der Waals surface area contributed by atoms with E-state index in [1.807, 2.05) is 6.07 Å². The number of para-hydroxylation sites is 1. The van der Waals surface area contributed by atoms with Crippen molar-refractivity contribution < 1.29 is 28.9 Å². The van der Waals surface area contributed by atoms with Gasteiger partial charge in [-0.05, 0) is 36.1 Å². The molecular weight excluding hydrogens is 547 g/mol. The fourth-order valence-corrected chi connectivity index (χ4v) is 6.36. The highest BCUT2D eigenvalue weighted by molar-refractivity contribution is 5.98. The number of nitrogens with zero attached hydrogens (tertiary/aromatic N) is 3. The van der Waals surface area contributed by atoms with Gasteiger partial charge in [0.2, 0.25) is 5.79 Å². The molecule has 0 aliphatic carbocycles. The van der Waals surface area contributed by atoms with Gasteiger partial charge in [-0.15, -0.1) is 0 Å². The van der Waals surface area contributed by atoms with Crippen molar-refractivity contribution in [3.63, 3.8) is 0 Å². The van der Waals surface area contributed by atoms with Gasteiger partial charge in [0.05, 0.1) is 18.2 Å². The van der Waals surface area contributed by atoms with Gasteiger partial charge in [0.1, 0.15) is 23.7 Å². The molecular formula is C28H33FN8O5. The number of nitrogens with one attached hydrogen (secondary N) is 3. The first-order valence-corrected chi connectivity index (χ1v) is 13.6. The van der Waals surface area contributed by atoms with E-state index in [0.29, 0.717) is 12.4 Å². The molecule has 2 aromatic rings. The number of nitrogens with two attached hydrogens (primary N) is 2. The Kier molecular flexibility index (Phi) is 6.31. The summed E-state index contributed by atoms with van der Waals surface area (Å²) in [6.07, 6.45) is 0.790. The molecule has 2 amide bonds. The summed E-state index contributed by atoms with van der Waals surface area (Å²) in [5.41, 5.74) is 11.6. The Morgan fingerprint density at radius 3 is 2.69 bits per heavy atom. The van der Waals surface area contributed by atoms with Gasteiger partial charge in [0, 0.05) is 24.2 Å². The van der Waals surface area contributed by atoms with Crippen LogP contribution < -0.4 is 32.2 Å². The van der Waals surface area contributed by atoms with Crippen LogP contribution in [0.5, 0.6) is 5.75 Å². The second kappa shape index (κ2) is 9.56. The molecule has 0 aromatic heterocycles. The third-order valence-corrected chi connectivity index (χ3v) is 8.63. The van der Waals surface area contributed by atoms with Crippen LogP contribution >= 0.6 is 0 Å². The molecule has 0 saturated carbocycles. The van der Waals surface area contributed by atoms with Crippen LogP contribution in [0, 0.1) is 5.82 Å². The van der Waals surface area contributed by atoms with Crippen LogP contribution in [0.25, 0.3) is 0 Å². The second-order valence-corrected chi connectivity index (χ2v) is 11.7. The van der Waals surface area contributed by atoms with E-state index in [9.17, 15) is 24.2 Å². The summed E-state index contributed by atoms with van der Waals surface area (Å²) in [5.74, 6) is -4.04. The molecule has 14 heteroatoms. The van der Waals surface area contributed by atoms with Gasteiger partial charge in [-0.1, -0.05) is 32.0 Å². The number of halogens is 1. The van der Waals surface area contributed by atoms with Crippen LogP contribution in [-0.4, -0.2) is 88.1 Å². The third-order valence-electron chi connectivity index (χ3n) is 8.63. The van der Waals surface area contributed by atoms with E-state index >= 15 is 0 Å². The number of guanidine groups is 2. The van der Waals surface area contributed by atoms with Gasteiger partial charge in [-0.3, -0.25) is 9.59 Å². The maximum atomic E-state index is 13.6. The Morgan fingerprint density at radius 1 is 1.17 bits per heavy atom. The largest absolute Gasteiger partial charge is 0.492 e. The quantitative estimate of drug-likeness (QED) is 0.219. The van der Waals surface area contributed by atoms with E-state index < -0.39 is 47.2 Å². The van der Waals surface area contributed by atoms with Crippen LogP contribution in [0.3, 0.4) is 0 Å². The van der Waals surface area contributed by atoms with E-state index in [4.69, 9.17) is 16.2 Å². The highest BCUT2D eigenvalue weighted by Crippen LogP contribution is 2.45. The van der Waals surface area contributed by atoms with Gasteiger partial charge in [0.25, 0.3) is 11.8 Å². The lowest BCUT2D eigenvalue weighted by molar-refractivity contribution is -0.230. The number of aliphatic imine (C=N–C) groups is 2. The first-order chi connectivity index (χ1) is 19.8. The monoisotopic (exact) mass is 580 g/mol. The van der Waals surface area contributed by atoms with Crippen molar-refractivity contribution in [1.29, 1.82) is 0 Å². The molecule has 4 heterocycles. The Balaban J connectivity index is 1.26. The number of benzene rings is 2. The number of carbonyl (C=O) groups is 2. The minimum absolute atomic E-state index is 0.0694. The zero-order valence-electron chi connectivity index (χ0n) is 23.1. The average Bonchev–Trinajstić information content (AvgIpc) is 3.40. The second-order valence-electron chi connectivity index (χ2n) is 11.7. The Hall–Kier alpha value is -4.43. The van der Waals surface area contributed by atoms with Crippen LogP contribution in [0.1, 0.15) is 46.5 Å². The molecule has 1 fully saturated rings. The lowest BCUT2D eigenvalue weighted by Crippen LogP contribution is -2.78. The molecule has 0 bridgehead atoms. The third kappa shape index (κ3) is 4.12. The predicted octanol–water partition coefficient (Wildman–Crippen LogP) is -0.910. The highest BCUT2D eigenvalue weighted by Gasteiger charge is 2.73. The first kappa shape index (κ1) is 27.7. The maximum absolute atomic E-state index is 13.6. The van der Waals surface area contributed by atoms with Gasteiger partial charge < -0.3 is 47.3 Å². The Labute approximate surface area is 240 Å². The van der Waals surface area contributed by atoms with Crippen molar-refractivity contribution in [2.75, 3.05) is 19.7 Å². The zero-order valence-corrected chi connectivity index (χ0v) is 23.1. The molecule has 1 spiro atoms. The number of fused-ring (bicyclic) bond motifs is 1.